The maximum absolute atomic E-state index is 9.79. The lowest BCUT2D eigenvalue weighted by molar-refractivity contribution is 0.371. The molecular weight excluding hydrogens is 338 g/mol. The second-order valence-corrected chi connectivity index (χ2v) is 6.85. The van der Waals surface area contributed by atoms with Crippen molar-refractivity contribution in [2.24, 2.45) is 0 Å². The number of methoxy groups -OCH3 is 1. The number of hydrogen-bond donors (Lipinski definition) is 2. The topological polar surface area (TPSA) is 41.5 Å². The number of halogens is 1. The number of benzene rings is 1. The van der Waals surface area contributed by atoms with Crippen LogP contribution in [0.2, 0.25) is 0 Å². The van der Waals surface area contributed by atoms with E-state index in [9.17, 15) is 5.11 Å². The van der Waals surface area contributed by atoms with Gasteiger partial charge >= 0.3 is 0 Å². The first-order chi connectivity index (χ1) is 9.51. The van der Waals surface area contributed by atoms with E-state index in [0.717, 1.165) is 5.56 Å². The Morgan fingerprint density at radius 1 is 1.40 bits per heavy atom. The number of aromatic hydroxyl groups is 1. The van der Waals surface area contributed by atoms with Gasteiger partial charge < -0.3 is 15.2 Å². The first-order valence-electron chi connectivity index (χ1n) is 6.36. The van der Waals surface area contributed by atoms with Crippen LogP contribution in [0.3, 0.4) is 0 Å². The molecule has 0 amide bonds. The molecule has 5 heteroatoms. The Morgan fingerprint density at radius 3 is 2.75 bits per heavy atom. The van der Waals surface area contributed by atoms with Crippen LogP contribution in [0.1, 0.15) is 28.3 Å². The van der Waals surface area contributed by atoms with E-state index in [1.165, 1.54) is 9.75 Å². The van der Waals surface area contributed by atoms with Gasteiger partial charge in [0.2, 0.25) is 0 Å². The normalized spacial score (nSPS) is 12.4. The lowest BCUT2D eigenvalue weighted by Gasteiger charge is -2.14. The number of nitrogens with one attached hydrogen (secondary N) is 1. The minimum absolute atomic E-state index is 0.137. The first-order valence-corrected chi connectivity index (χ1v) is 7.97. The summed E-state index contributed by atoms with van der Waals surface area (Å²) in [7, 11) is 1.55. The minimum atomic E-state index is 0.137. The Kier molecular flexibility index (Phi) is 5.07. The van der Waals surface area contributed by atoms with Gasteiger partial charge in [-0.15, -0.1) is 11.3 Å². The highest BCUT2D eigenvalue weighted by atomic mass is 79.9. The Bertz CT molecular complexity index is 598. The summed E-state index contributed by atoms with van der Waals surface area (Å²) in [6.45, 7) is 4.98. The van der Waals surface area contributed by atoms with E-state index in [2.05, 4.69) is 47.2 Å². The van der Waals surface area contributed by atoms with Crippen LogP contribution in [-0.2, 0) is 6.54 Å². The van der Waals surface area contributed by atoms with Crippen LogP contribution in [0.5, 0.6) is 11.5 Å². The van der Waals surface area contributed by atoms with E-state index in [1.54, 1.807) is 7.11 Å². The molecule has 0 aliphatic carbocycles. The highest BCUT2D eigenvalue weighted by Gasteiger charge is 2.11. The summed E-state index contributed by atoms with van der Waals surface area (Å²) in [6.07, 6.45) is 0. The monoisotopic (exact) mass is 355 g/mol. The van der Waals surface area contributed by atoms with Gasteiger partial charge in [0.05, 0.1) is 11.6 Å². The molecule has 0 radical (unpaired) electrons. The predicted octanol–water partition coefficient (Wildman–Crippen LogP) is 4.38. The molecule has 0 aliphatic heterocycles. The SMILES string of the molecule is COc1cc(CNC(C)c2ccc(C)s2)cc(Br)c1O. The number of ether oxygens (including phenoxy) is 1. The molecular formula is C15H18BrNO2S. The average molecular weight is 356 g/mol. The van der Waals surface area contributed by atoms with E-state index in [4.69, 9.17) is 4.74 Å². The maximum Gasteiger partial charge on any atom is 0.172 e. The number of aryl methyl sites for hydroxylation is 1. The molecule has 0 spiro atoms. The van der Waals surface area contributed by atoms with Crippen molar-refractivity contribution in [3.63, 3.8) is 0 Å². The molecule has 0 saturated carbocycles. The molecule has 0 bridgehead atoms. The van der Waals surface area contributed by atoms with Crippen LogP contribution in [-0.4, -0.2) is 12.2 Å². The van der Waals surface area contributed by atoms with Gasteiger partial charge in [0.15, 0.2) is 11.5 Å². The fraction of sp³-hybridized carbons (Fsp3) is 0.333. The molecule has 1 heterocycles. The summed E-state index contributed by atoms with van der Waals surface area (Å²) >= 11 is 5.15. The summed E-state index contributed by atoms with van der Waals surface area (Å²) in [6, 6.07) is 8.34. The third-order valence-corrected chi connectivity index (χ3v) is 4.90. The van der Waals surface area contributed by atoms with Crippen LogP contribution in [0.25, 0.3) is 0 Å². The molecule has 1 aromatic carbocycles. The van der Waals surface area contributed by atoms with E-state index >= 15 is 0 Å². The minimum Gasteiger partial charge on any atom is -0.503 e. The Balaban J connectivity index is 2.05. The number of thiophene rings is 1. The Labute approximate surface area is 131 Å². The van der Waals surface area contributed by atoms with E-state index in [1.807, 2.05) is 23.5 Å². The summed E-state index contributed by atoms with van der Waals surface area (Å²) in [5.74, 6) is 0.619. The molecule has 2 N–H and O–H groups in total. The quantitative estimate of drug-likeness (QED) is 0.835. The fourth-order valence-electron chi connectivity index (χ4n) is 1.94. The lowest BCUT2D eigenvalue weighted by Crippen LogP contribution is -2.17. The fourth-order valence-corrected chi connectivity index (χ4v) is 3.34. The number of phenolic OH excluding ortho intramolecular Hbond substituents is 1. The van der Waals surface area contributed by atoms with Crippen molar-refractivity contribution in [2.45, 2.75) is 26.4 Å². The van der Waals surface area contributed by atoms with Gasteiger partial charge in [-0.3, -0.25) is 0 Å². The molecule has 1 unspecified atom stereocenters. The van der Waals surface area contributed by atoms with Gasteiger partial charge in [-0.25, -0.2) is 0 Å². The Morgan fingerprint density at radius 2 is 2.15 bits per heavy atom. The molecule has 0 aliphatic rings. The molecule has 3 nitrogen and oxygen atoms in total. The first kappa shape index (κ1) is 15.4. The van der Waals surface area contributed by atoms with Crippen molar-refractivity contribution in [2.75, 3.05) is 7.11 Å². The highest BCUT2D eigenvalue weighted by Crippen LogP contribution is 2.35. The second kappa shape index (κ2) is 6.61. The lowest BCUT2D eigenvalue weighted by atomic mass is 10.2. The van der Waals surface area contributed by atoms with Gasteiger partial charge in [-0.05, 0) is 59.6 Å². The summed E-state index contributed by atoms with van der Waals surface area (Å²) in [5.41, 5.74) is 1.06. The average Bonchev–Trinajstić information content (AvgIpc) is 2.86. The van der Waals surface area contributed by atoms with Gasteiger partial charge in [-0.1, -0.05) is 0 Å². The van der Waals surface area contributed by atoms with Crippen LogP contribution in [0, 0.1) is 6.92 Å². The third-order valence-electron chi connectivity index (χ3n) is 3.11. The molecule has 2 rings (SSSR count). The summed E-state index contributed by atoms with van der Waals surface area (Å²) in [4.78, 5) is 2.65. The smallest absolute Gasteiger partial charge is 0.172 e. The zero-order valence-electron chi connectivity index (χ0n) is 11.7. The van der Waals surface area contributed by atoms with E-state index < -0.39 is 0 Å². The molecule has 0 fully saturated rings. The van der Waals surface area contributed by atoms with Gasteiger partial charge in [-0.2, -0.15) is 0 Å². The zero-order valence-corrected chi connectivity index (χ0v) is 14.1. The standard InChI is InChI=1S/C15H18BrNO2S/c1-9-4-5-14(20-9)10(2)17-8-11-6-12(16)15(18)13(7-11)19-3/h4-7,10,17-18H,8H2,1-3H3. The van der Waals surface area contributed by atoms with Gasteiger partial charge in [0.1, 0.15) is 0 Å². The van der Waals surface area contributed by atoms with Crippen LogP contribution < -0.4 is 10.1 Å². The summed E-state index contributed by atoms with van der Waals surface area (Å²) in [5, 5.41) is 13.3. The van der Waals surface area contributed by atoms with Crippen LogP contribution in [0.4, 0.5) is 0 Å². The third kappa shape index (κ3) is 3.53. The molecule has 1 aromatic heterocycles. The largest absolute Gasteiger partial charge is 0.503 e. The Hall–Kier alpha value is -1.04. The molecule has 108 valence electrons. The second-order valence-electron chi connectivity index (χ2n) is 4.68. The van der Waals surface area contributed by atoms with Crippen molar-refractivity contribution in [3.8, 4) is 11.5 Å². The molecule has 2 aromatic rings. The summed E-state index contributed by atoms with van der Waals surface area (Å²) < 4.78 is 5.80. The predicted molar refractivity (Wildman–Crippen MR) is 86.7 cm³/mol. The van der Waals surface area contributed by atoms with Crippen molar-refractivity contribution in [3.05, 3.63) is 44.1 Å². The van der Waals surface area contributed by atoms with Crippen LogP contribution >= 0.6 is 27.3 Å². The van der Waals surface area contributed by atoms with Crippen LogP contribution in [0.15, 0.2) is 28.7 Å². The van der Waals surface area contributed by atoms with Crippen molar-refractivity contribution >= 4 is 27.3 Å². The molecule has 0 saturated heterocycles. The van der Waals surface area contributed by atoms with Crippen molar-refractivity contribution in [1.29, 1.82) is 0 Å². The highest BCUT2D eigenvalue weighted by molar-refractivity contribution is 9.10. The maximum atomic E-state index is 9.79. The molecule has 20 heavy (non-hydrogen) atoms. The van der Waals surface area contributed by atoms with Gasteiger partial charge in [0, 0.05) is 22.3 Å². The number of phenols is 1. The zero-order chi connectivity index (χ0) is 14.7. The van der Waals surface area contributed by atoms with Gasteiger partial charge in [0.25, 0.3) is 0 Å². The van der Waals surface area contributed by atoms with E-state index in [0.29, 0.717) is 22.8 Å². The molecule has 1 atom stereocenters. The number of rotatable bonds is 5. The van der Waals surface area contributed by atoms with E-state index in [-0.39, 0.29) is 5.75 Å². The number of hydrogen-bond acceptors (Lipinski definition) is 4. The van der Waals surface area contributed by atoms with Crippen molar-refractivity contribution < 1.29 is 9.84 Å². The van der Waals surface area contributed by atoms with Crippen molar-refractivity contribution in [1.82, 2.24) is 5.32 Å².